The monoisotopic (exact) mass is 380 g/mol. The number of thiocarbonyl (C=S) groups is 1. The van der Waals surface area contributed by atoms with Crippen molar-refractivity contribution in [1.82, 2.24) is 4.90 Å². The van der Waals surface area contributed by atoms with E-state index in [1.54, 1.807) is 13.4 Å². The normalized spacial score (nSPS) is 10.5. The summed E-state index contributed by atoms with van der Waals surface area (Å²) in [5.41, 5.74) is 4.42. The van der Waals surface area contributed by atoms with E-state index >= 15 is 0 Å². The molecule has 0 atom stereocenters. The molecule has 1 heterocycles. The standard InChI is InChI=1S/C22H24N2O2S/c1-16-6-9-18(10-7-16)14-24(15-19-5-4-12-26-19)22(27)23-20-13-17(2)8-11-21(20)25-3/h4-13H,14-15H2,1-3H3,(H,23,27). The number of aryl methyl sites for hydroxylation is 2. The van der Waals surface area contributed by atoms with E-state index in [9.17, 15) is 0 Å². The van der Waals surface area contributed by atoms with Crippen LogP contribution < -0.4 is 10.1 Å². The van der Waals surface area contributed by atoms with E-state index < -0.39 is 0 Å². The summed E-state index contributed by atoms with van der Waals surface area (Å²) in [6.45, 7) is 5.39. The van der Waals surface area contributed by atoms with Gasteiger partial charge in [0.25, 0.3) is 0 Å². The maximum absolute atomic E-state index is 5.72. The van der Waals surface area contributed by atoms with Gasteiger partial charge in [0.1, 0.15) is 11.5 Å². The zero-order valence-corrected chi connectivity index (χ0v) is 16.7. The van der Waals surface area contributed by atoms with E-state index in [4.69, 9.17) is 21.4 Å². The molecule has 0 unspecified atom stereocenters. The van der Waals surface area contributed by atoms with Crippen LogP contribution in [0.5, 0.6) is 5.75 Å². The molecule has 0 aliphatic carbocycles. The molecule has 140 valence electrons. The van der Waals surface area contributed by atoms with Gasteiger partial charge in [-0.15, -0.1) is 0 Å². The topological polar surface area (TPSA) is 37.6 Å². The van der Waals surface area contributed by atoms with E-state index in [2.05, 4.69) is 41.4 Å². The van der Waals surface area contributed by atoms with Crippen LogP contribution in [-0.2, 0) is 13.1 Å². The number of nitrogens with one attached hydrogen (secondary N) is 1. The van der Waals surface area contributed by atoms with Gasteiger partial charge in [-0.1, -0.05) is 35.9 Å². The van der Waals surface area contributed by atoms with Crippen LogP contribution in [0.15, 0.2) is 65.3 Å². The molecule has 0 aliphatic rings. The minimum Gasteiger partial charge on any atom is -0.495 e. The minimum atomic E-state index is 0.584. The smallest absolute Gasteiger partial charge is 0.174 e. The van der Waals surface area contributed by atoms with Crippen LogP contribution in [0.2, 0.25) is 0 Å². The number of hydrogen-bond donors (Lipinski definition) is 1. The van der Waals surface area contributed by atoms with Gasteiger partial charge in [0.2, 0.25) is 0 Å². The molecule has 0 bridgehead atoms. The molecule has 4 nitrogen and oxygen atoms in total. The Labute approximate surface area is 165 Å². The van der Waals surface area contributed by atoms with Crippen LogP contribution >= 0.6 is 12.2 Å². The summed E-state index contributed by atoms with van der Waals surface area (Å²) in [6.07, 6.45) is 1.68. The Morgan fingerprint density at radius 1 is 1.04 bits per heavy atom. The van der Waals surface area contributed by atoms with Gasteiger partial charge < -0.3 is 19.4 Å². The first kappa shape index (κ1) is 19.0. The lowest BCUT2D eigenvalue weighted by Gasteiger charge is -2.26. The van der Waals surface area contributed by atoms with Crippen LogP contribution in [0.3, 0.4) is 0 Å². The maximum Gasteiger partial charge on any atom is 0.174 e. The minimum absolute atomic E-state index is 0.584. The summed E-state index contributed by atoms with van der Waals surface area (Å²) in [6, 6.07) is 18.3. The molecule has 5 heteroatoms. The van der Waals surface area contributed by atoms with Crippen LogP contribution in [0, 0.1) is 13.8 Å². The summed E-state index contributed by atoms with van der Waals surface area (Å²) in [5, 5.41) is 3.96. The summed E-state index contributed by atoms with van der Waals surface area (Å²) in [4.78, 5) is 2.08. The van der Waals surface area contributed by atoms with Gasteiger partial charge in [0.15, 0.2) is 5.11 Å². The molecule has 1 N–H and O–H groups in total. The van der Waals surface area contributed by atoms with E-state index in [0.29, 0.717) is 18.2 Å². The van der Waals surface area contributed by atoms with Gasteiger partial charge >= 0.3 is 0 Å². The number of methoxy groups -OCH3 is 1. The highest BCUT2D eigenvalue weighted by atomic mass is 32.1. The first-order chi connectivity index (χ1) is 13.0. The number of benzene rings is 2. The summed E-state index contributed by atoms with van der Waals surface area (Å²) < 4.78 is 11.0. The van der Waals surface area contributed by atoms with Crippen molar-refractivity contribution < 1.29 is 9.15 Å². The van der Waals surface area contributed by atoms with E-state index in [0.717, 1.165) is 22.8 Å². The van der Waals surface area contributed by atoms with Gasteiger partial charge in [-0.3, -0.25) is 0 Å². The number of hydrogen-bond acceptors (Lipinski definition) is 3. The Kier molecular flexibility index (Phi) is 6.14. The highest BCUT2D eigenvalue weighted by Gasteiger charge is 2.15. The molecule has 3 aromatic rings. The second-order valence-electron chi connectivity index (χ2n) is 6.55. The molecule has 0 spiro atoms. The fourth-order valence-corrected chi connectivity index (χ4v) is 3.06. The van der Waals surface area contributed by atoms with Crippen molar-refractivity contribution in [3.63, 3.8) is 0 Å². The van der Waals surface area contributed by atoms with Gasteiger partial charge in [-0.05, 0) is 61.5 Å². The van der Waals surface area contributed by atoms with E-state index in [1.807, 2.05) is 37.3 Å². The largest absolute Gasteiger partial charge is 0.495 e. The molecule has 1 aromatic heterocycles. The Morgan fingerprint density at radius 3 is 2.44 bits per heavy atom. The third-order valence-corrected chi connectivity index (χ3v) is 4.66. The zero-order valence-electron chi connectivity index (χ0n) is 15.9. The van der Waals surface area contributed by atoms with Crippen LogP contribution in [0.1, 0.15) is 22.5 Å². The highest BCUT2D eigenvalue weighted by molar-refractivity contribution is 7.80. The first-order valence-electron chi connectivity index (χ1n) is 8.83. The molecule has 0 saturated heterocycles. The Balaban J connectivity index is 1.81. The maximum atomic E-state index is 5.72. The molecule has 2 aromatic carbocycles. The van der Waals surface area contributed by atoms with Crippen LogP contribution in [0.4, 0.5) is 5.69 Å². The van der Waals surface area contributed by atoms with Crippen LogP contribution in [0.25, 0.3) is 0 Å². The van der Waals surface area contributed by atoms with Crippen LogP contribution in [-0.4, -0.2) is 17.1 Å². The fourth-order valence-electron chi connectivity index (χ4n) is 2.82. The second-order valence-corrected chi connectivity index (χ2v) is 6.94. The highest BCUT2D eigenvalue weighted by Crippen LogP contribution is 2.26. The second kappa shape index (κ2) is 8.73. The third-order valence-electron chi connectivity index (χ3n) is 4.30. The molecule has 0 amide bonds. The van der Waals surface area contributed by atoms with E-state index in [1.165, 1.54) is 11.1 Å². The lowest BCUT2D eigenvalue weighted by Crippen LogP contribution is -2.33. The summed E-state index contributed by atoms with van der Waals surface area (Å²) in [5.74, 6) is 1.62. The van der Waals surface area contributed by atoms with E-state index in [-0.39, 0.29) is 0 Å². The molecule has 27 heavy (non-hydrogen) atoms. The predicted molar refractivity (Wildman–Crippen MR) is 113 cm³/mol. The Hall–Kier alpha value is -2.79. The average molecular weight is 381 g/mol. The molecule has 0 fully saturated rings. The third kappa shape index (κ3) is 5.11. The van der Waals surface area contributed by atoms with Gasteiger partial charge in [0, 0.05) is 6.54 Å². The molecular formula is C22H24N2O2S. The summed E-state index contributed by atoms with van der Waals surface area (Å²) >= 11 is 5.72. The van der Waals surface area contributed by atoms with Crippen molar-refractivity contribution in [2.24, 2.45) is 0 Å². The van der Waals surface area contributed by atoms with Crippen molar-refractivity contribution in [2.45, 2.75) is 26.9 Å². The number of anilines is 1. The molecule has 0 saturated carbocycles. The lowest BCUT2D eigenvalue weighted by atomic mass is 10.1. The zero-order chi connectivity index (χ0) is 19.2. The lowest BCUT2D eigenvalue weighted by molar-refractivity contribution is 0.360. The SMILES string of the molecule is COc1ccc(C)cc1NC(=S)N(Cc1ccc(C)cc1)Cc1ccco1. The van der Waals surface area contributed by atoms with Crippen molar-refractivity contribution >= 4 is 23.0 Å². The number of furan rings is 1. The van der Waals surface area contributed by atoms with Crippen molar-refractivity contribution in [1.29, 1.82) is 0 Å². The first-order valence-corrected chi connectivity index (χ1v) is 9.24. The fraction of sp³-hybridized carbons (Fsp3) is 0.227. The number of ether oxygens (including phenoxy) is 1. The Morgan fingerprint density at radius 2 is 1.78 bits per heavy atom. The van der Waals surface area contributed by atoms with Gasteiger partial charge in [-0.2, -0.15) is 0 Å². The number of rotatable bonds is 6. The van der Waals surface area contributed by atoms with Crippen molar-refractivity contribution in [3.8, 4) is 5.75 Å². The quantitative estimate of drug-likeness (QED) is 0.587. The molecular weight excluding hydrogens is 356 g/mol. The average Bonchev–Trinajstić information content (AvgIpc) is 3.16. The molecule has 0 aliphatic heterocycles. The van der Waals surface area contributed by atoms with Gasteiger partial charge in [-0.25, -0.2) is 0 Å². The number of nitrogens with zero attached hydrogens (tertiary/aromatic N) is 1. The predicted octanol–water partition coefficient (Wildman–Crippen LogP) is 5.30. The van der Waals surface area contributed by atoms with Crippen molar-refractivity contribution in [3.05, 3.63) is 83.3 Å². The molecule has 0 radical (unpaired) electrons. The Bertz CT molecular complexity index is 889. The van der Waals surface area contributed by atoms with Gasteiger partial charge in [0.05, 0.1) is 25.6 Å². The summed E-state index contributed by atoms with van der Waals surface area (Å²) in [7, 11) is 1.66. The van der Waals surface area contributed by atoms with Crippen molar-refractivity contribution in [2.75, 3.05) is 12.4 Å². The molecule has 3 rings (SSSR count).